The van der Waals surface area contributed by atoms with Crippen molar-refractivity contribution in [1.82, 2.24) is 4.57 Å². The number of fused-ring (bicyclic) bond motifs is 1. The summed E-state index contributed by atoms with van der Waals surface area (Å²) in [6.07, 6.45) is 14.5. The number of carbonyl (C=O) groups excluding carboxylic acids is 1. The number of hydrogen-bond acceptors (Lipinski definition) is 2. The van der Waals surface area contributed by atoms with Crippen molar-refractivity contribution >= 4 is 22.8 Å². The Hall–Kier alpha value is -3.43. The molecule has 45 heavy (non-hydrogen) atoms. The Kier molecular flexibility index (Phi) is 17.3. The lowest BCUT2D eigenvalue weighted by Gasteiger charge is -2.21. The van der Waals surface area contributed by atoms with Crippen molar-refractivity contribution in [3.8, 4) is 0 Å². The van der Waals surface area contributed by atoms with Crippen molar-refractivity contribution in [3.63, 3.8) is 0 Å². The van der Waals surface area contributed by atoms with Crippen molar-refractivity contribution in [2.45, 2.75) is 106 Å². The quantitative estimate of drug-likeness (QED) is 0.145. The van der Waals surface area contributed by atoms with Gasteiger partial charge in [0.25, 0.3) is 0 Å². The first-order valence-corrected chi connectivity index (χ1v) is 17.1. The summed E-state index contributed by atoms with van der Waals surface area (Å²) < 4.78 is 2.42. The third-order valence-corrected chi connectivity index (χ3v) is 8.77. The Balaban J connectivity index is 0.000000692. The smallest absolute Gasteiger partial charge is 0.120 e. The van der Waals surface area contributed by atoms with Gasteiger partial charge in [-0.05, 0) is 115 Å². The topological polar surface area (TPSA) is 42.2 Å². The SMILES string of the molecule is CC/C=C(/c1ccccc1)c1ccc(CC(C)CCCn2ccc3cc(C)ccc32)c(CCC)c1C.CCC(C)CC=O.CO. The average Bonchev–Trinajstić information content (AvgIpc) is 3.45. The van der Waals surface area contributed by atoms with Gasteiger partial charge in [-0.1, -0.05) is 108 Å². The molecule has 2 atom stereocenters. The molecule has 0 aliphatic rings. The van der Waals surface area contributed by atoms with Gasteiger partial charge in [-0.2, -0.15) is 0 Å². The van der Waals surface area contributed by atoms with Gasteiger partial charge in [-0.15, -0.1) is 0 Å². The summed E-state index contributed by atoms with van der Waals surface area (Å²) >= 11 is 0. The van der Waals surface area contributed by atoms with Crippen LogP contribution in [0.1, 0.15) is 107 Å². The molecule has 244 valence electrons. The number of aldehydes is 1. The van der Waals surface area contributed by atoms with E-state index in [-0.39, 0.29) is 0 Å². The van der Waals surface area contributed by atoms with E-state index in [0.29, 0.717) is 11.8 Å². The summed E-state index contributed by atoms with van der Waals surface area (Å²) in [4.78, 5) is 9.77. The fourth-order valence-corrected chi connectivity index (χ4v) is 6.03. The van der Waals surface area contributed by atoms with Gasteiger partial charge < -0.3 is 14.5 Å². The predicted molar refractivity (Wildman–Crippen MR) is 196 cm³/mol. The summed E-state index contributed by atoms with van der Waals surface area (Å²) in [6, 6.07) is 24.7. The van der Waals surface area contributed by atoms with Crippen LogP contribution in [-0.2, 0) is 24.2 Å². The lowest BCUT2D eigenvalue weighted by atomic mass is 9.84. The van der Waals surface area contributed by atoms with Gasteiger partial charge in [0.1, 0.15) is 6.29 Å². The van der Waals surface area contributed by atoms with Crippen LogP contribution in [0.15, 0.2) is 79.0 Å². The summed E-state index contributed by atoms with van der Waals surface area (Å²) in [6.45, 7) is 16.8. The maximum absolute atomic E-state index is 9.77. The van der Waals surface area contributed by atoms with Crippen LogP contribution < -0.4 is 0 Å². The second-order valence-corrected chi connectivity index (χ2v) is 12.5. The summed E-state index contributed by atoms with van der Waals surface area (Å²) in [5.41, 5.74) is 11.4. The molecule has 0 aliphatic carbocycles. The van der Waals surface area contributed by atoms with Crippen LogP contribution in [0.5, 0.6) is 0 Å². The maximum atomic E-state index is 9.77. The number of carbonyl (C=O) groups is 1. The molecule has 0 bridgehead atoms. The number of aliphatic hydroxyl groups is 1. The summed E-state index contributed by atoms with van der Waals surface area (Å²) in [5, 5.41) is 8.36. The number of allylic oxidation sites excluding steroid dienone is 1. The number of aryl methyl sites for hydroxylation is 2. The van der Waals surface area contributed by atoms with Gasteiger partial charge in [0, 0.05) is 31.8 Å². The molecule has 0 spiro atoms. The minimum Gasteiger partial charge on any atom is -0.400 e. The molecule has 0 radical (unpaired) electrons. The zero-order valence-electron chi connectivity index (χ0n) is 29.4. The van der Waals surface area contributed by atoms with Crippen molar-refractivity contribution in [1.29, 1.82) is 0 Å². The molecule has 4 rings (SSSR count). The largest absolute Gasteiger partial charge is 0.400 e. The predicted octanol–water partition coefficient (Wildman–Crippen LogP) is 10.9. The number of nitrogens with zero attached hydrogens (tertiary/aromatic N) is 1. The number of aromatic nitrogens is 1. The minimum atomic E-state index is 0.581. The Labute approximate surface area is 274 Å². The fraction of sp³-hybridized carbons (Fsp3) is 0.452. The van der Waals surface area contributed by atoms with E-state index >= 15 is 0 Å². The molecule has 0 saturated carbocycles. The van der Waals surface area contributed by atoms with E-state index in [1.807, 2.05) is 0 Å². The zero-order chi connectivity index (χ0) is 33.2. The molecule has 3 aromatic carbocycles. The van der Waals surface area contributed by atoms with Gasteiger partial charge in [0.05, 0.1) is 0 Å². The highest BCUT2D eigenvalue weighted by Crippen LogP contribution is 2.32. The molecule has 3 heteroatoms. The van der Waals surface area contributed by atoms with E-state index in [9.17, 15) is 4.79 Å². The first-order valence-electron chi connectivity index (χ1n) is 17.1. The second-order valence-electron chi connectivity index (χ2n) is 12.5. The molecule has 1 heterocycles. The zero-order valence-corrected chi connectivity index (χ0v) is 29.4. The van der Waals surface area contributed by atoms with E-state index in [4.69, 9.17) is 5.11 Å². The average molecular weight is 610 g/mol. The van der Waals surface area contributed by atoms with Crippen LogP contribution in [-0.4, -0.2) is 23.1 Å². The van der Waals surface area contributed by atoms with Crippen LogP contribution in [0.25, 0.3) is 16.5 Å². The molecule has 0 aliphatic heterocycles. The Morgan fingerprint density at radius 3 is 2.27 bits per heavy atom. The molecule has 1 N–H and O–H groups in total. The molecular formula is C42H59NO2. The van der Waals surface area contributed by atoms with Crippen LogP contribution in [0.3, 0.4) is 0 Å². The molecule has 0 amide bonds. The Morgan fingerprint density at radius 1 is 0.911 bits per heavy atom. The highest BCUT2D eigenvalue weighted by atomic mass is 16.2. The Bertz CT molecular complexity index is 1450. The third kappa shape index (κ3) is 11.5. The second kappa shape index (κ2) is 20.6. The molecule has 0 fully saturated rings. The van der Waals surface area contributed by atoms with E-state index in [1.165, 1.54) is 64.4 Å². The van der Waals surface area contributed by atoms with Crippen LogP contribution in [0.4, 0.5) is 0 Å². The standard InChI is InChI=1S/C35H43N.C6H12O.CH4O/c1-6-12-32-28(5)33(34(13-7-2)29-15-9-8-10-16-29)19-18-30(32)24-26(3)14-11-22-36-23-21-31-25-27(4)17-20-35(31)36;1-3-6(2)4-5-7;1-2/h8-10,13,15-21,23,25-26H,6-7,11-12,14,22,24H2,1-5H3;5-6H,3-4H2,1-2H3;2H,1H3/b34-13-;;. The first-order chi connectivity index (χ1) is 21.8. The minimum absolute atomic E-state index is 0.581. The monoisotopic (exact) mass is 609 g/mol. The van der Waals surface area contributed by atoms with Crippen LogP contribution in [0, 0.1) is 25.7 Å². The van der Waals surface area contributed by atoms with Crippen molar-refractivity contribution in [2.24, 2.45) is 11.8 Å². The molecule has 1 aromatic heterocycles. The normalized spacial score (nSPS) is 12.5. The lowest BCUT2D eigenvalue weighted by molar-refractivity contribution is -0.108. The van der Waals surface area contributed by atoms with Crippen LogP contribution >= 0.6 is 0 Å². The van der Waals surface area contributed by atoms with E-state index < -0.39 is 0 Å². The van der Waals surface area contributed by atoms with E-state index in [1.54, 1.807) is 11.1 Å². The van der Waals surface area contributed by atoms with Gasteiger partial charge in [0.15, 0.2) is 0 Å². The molecular weight excluding hydrogens is 550 g/mol. The summed E-state index contributed by atoms with van der Waals surface area (Å²) in [7, 11) is 1.00. The first kappa shape index (κ1) is 37.8. The summed E-state index contributed by atoms with van der Waals surface area (Å²) in [5.74, 6) is 1.26. The number of rotatable bonds is 14. The van der Waals surface area contributed by atoms with Gasteiger partial charge >= 0.3 is 0 Å². The molecule has 2 unspecified atom stereocenters. The lowest BCUT2D eigenvalue weighted by Crippen LogP contribution is -2.08. The van der Waals surface area contributed by atoms with Crippen LogP contribution in [0.2, 0.25) is 0 Å². The van der Waals surface area contributed by atoms with E-state index in [0.717, 1.165) is 45.6 Å². The van der Waals surface area contributed by atoms with E-state index in [2.05, 4.69) is 132 Å². The molecule has 4 aromatic rings. The third-order valence-electron chi connectivity index (χ3n) is 8.77. The van der Waals surface area contributed by atoms with Gasteiger partial charge in [-0.3, -0.25) is 0 Å². The van der Waals surface area contributed by atoms with Crippen molar-refractivity contribution < 1.29 is 9.90 Å². The van der Waals surface area contributed by atoms with Gasteiger partial charge in [0.2, 0.25) is 0 Å². The number of benzene rings is 3. The maximum Gasteiger partial charge on any atom is 0.120 e. The molecule has 3 nitrogen and oxygen atoms in total. The number of aliphatic hydroxyl groups excluding tert-OH is 1. The highest BCUT2D eigenvalue weighted by molar-refractivity contribution is 5.82. The Morgan fingerprint density at radius 2 is 1.64 bits per heavy atom. The highest BCUT2D eigenvalue weighted by Gasteiger charge is 2.15. The fourth-order valence-electron chi connectivity index (χ4n) is 6.03. The van der Waals surface area contributed by atoms with Crippen molar-refractivity contribution in [2.75, 3.05) is 7.11 Å². The number of hydrogen-bond donors (Lipinski definition) is 1. The molecule has 0 saturated heterocycles. The van der Waals surface area contributed by atoms with Gasteiger partial charge in [-0.25, -0.2) is 0 Å². The van der Waals surface area contributed by atoms with Crippen molar-refractivity contribution in [3.05, 3.63) is 112 Å².